The maximum Gasteiger partial charge on any atom is 0.0144 e. The van der Waals surface area contributed by atoms with Crippen molar-refractivity contribution >= 4 is 9.39 Å². The summed E-state index contributed by atoms with van der Waals surface area (Å²) in [5.41, 5.74) is 0. The lowest BCUT2D eigenvalue weighted by molar-refractivity contribution is 0.302. The first-order valence-electron chi connectivity index (χ1n) is 4.74. The Hall–Kier alpha value is 0.350. The van der Waals surface area contributed by atoms with E-state index in [0.29, 0.717) is 0 Å². The van der Waals surface area contributed by atoms with E-state index in [1.54, 1.807) is 0 Å². The van der Waals surface area contributed by atoms with Crippen LogP contribution in [0.15, 0.2) is 0 Å². The molecule has 0 radical (unpaired) electrons. The molecule has 0 saturated heterocycles. The van der Waals surface area contributed by atoms with Gasteiger partial charge < -0.3 is 4.90 Å². The van der Waals surface area contributed by atoms with Gasteiger partial charge in [-0.05, 0) is 19.5 Å². The number of likely N-dealkylation sites (N-methyl/N-ethyl adjacent to an activating group) is 1. The van der Waals surface area contributed by atoms with Crippen molar-refractivity contribution in [1.82, 2.24) is 9.57 Å². The highest BCUT2D eigenvalue weighted by atomic mass is 31.0. The molecule has 0 aliphatic carbocycles. The summed E-state index contributed by atoms with van der Waals surface area (Å²) in [5.74, 6) is 0.759. The van der Waals surface area contributed by atoms with Crippen molar-refractivity contribution in [2.75, 3.05) is 33.2 Å². The van der Waals surface area contributed by atoms with Gasteiger partial charge in [0.25, 0.3) is 0 Å². The molecule has 0 aromatic heterocycles. The molecule has 0 bridgehead atoms. The lowest BCUT2D eigenvalue weighted by Crippen LogP contribution is -2.29. The molecule has 0 aliphatic heterocycles. The predicted octanol–water partition coefficient (Wildman–Crippen LogP) is 1.69. The second-order valence-corrected chi connectivity index (χ2v) is 4.51. The molecular formula is C9H23N2P. The molecule has 0 N–H and O–H groups in total. The van der Waals surface area contributed by atoms with Gasteiger partial charge in [-0.25, -0.2) is 0 Å². The number of hydrogen-bond donors (Lipinski definition) is 0. The fourth-order valence-electron chi connectivity index (χ4n) is 1.02. The SMILES string of the molecule is CCN(C)CCN(P)CC(C)C. The van der Waals surface area contributed by atoms with E-state index in [1.807, 2.05) is 0 Å². The zero-order valence-electron chi connectivity index (χ0n) is 8.88. The van der Waals surface area contributed by atoms with Gasteiger partial charge in [0, 0.05) is 19.6 Å². The number of rotatable bonds is 6. The molecule has 0 aliphatic rings. The molecule has 2 nitrogen and oxygen atoms in total. The molecule has 1 atom stereocenters. The summed E-state index contributed by atoms with van der Waals surface area (Å²) in [4.78, 5) is 2.33. The Balaban J connectivity index is 3.36. The van der Waals surface area contributed by atoms with Crippen molar-refractivity contribution in [3.05, 3.63) is 0 Å². The van der Waals surface area contributed by atoms with Gasteiger partial charge in [0.1, 0.15) is 0 Å². The molecule has 0 aromatic rings. The standard InChI is InChI=1S/C9H23N2P/c1-5-10(4)6-7-11(12)8-9(2)3/h9H,5-8,12H2,1-4H3. The summed E-state index contributed by atoms with van der Waals surface area (Å²) < 4.78 is 2.32. The molecule has 0 spiro atoms. The molecule has 1 unspecified atom stereocenters. The van der Waals surface area contributed by atoms with E-state index in [1.165, 1.54) is 6.54 Å². The quantitative estimate of drug-likeness (QED) is 0.588. The van der Waals surface area contributed by atoms with Crippen LogP contribution in [0.1, 0.15) is 20.8 Å². The Kier molecular flexibility index (Phi) is 7.02. The molecule has 74 valence electrons. The van der Waals surface area contributed by atoms with Gasteiger partial charge in [-0.1, -0.05) is 30.2 Å². The van der Waals surface area contributed by atoms with Crippen LogP contribution in [0, 0.1) is 5.92 Å². The minimum absolute atomic E-state index is 0.759. The van der Waals surface area contributed by atoms with Crippen LogP contribution in [0.3, 0.4) is 0 Å². The fourth-order valence-corrected chi connectivity index (χ4v) is 1.55. The molecule has 12 heavy (non-hydrogen) atoms. The Morgan fingerprint density at radius 1 is 1.25 bits per heavy atom. The Labute approximate surface area is 79.6 Å². The molecular weight excluding hydrogens is 167 g/mol. The summed E-state index contributed by atoms with van der Waals surface area (Å²) >= 11 is 0. The van der Waals surface area contributed by atoms with Crippen LogP contribution in [0.25, 0.3) is 0 Å². The number of hydrogen-bond acceptors (Lipinski definition) is 2. The summed E-state index contributed by atoms with van der Waals surface area (Å²) in [6, 6.07) is 0. The third kappa shape index (κ3) is 7.02. The summed E-state index contributed by atoms with van der Waals surface area (Å²) in [5, 5.41) is 0. The summed E-state index contributed by atoms with van der Waals surface area (Å²) in [6.45, 7) is 11.3. The normalized spacial score (nSPS) is 12.0. The van der Waals surface area contributed by atoms with Crippen LogP contribution in [0.4, 0.5) is 0 Å². The van der Waals surface area contributed by atoms with Gasteiger partial charge in [0.15, 0.2) is 0 Å². The van der Waals surface area contributed by atoms with Gasteiger partial charge in [-0.15, -0.1) is 0 Å². The molecule has 3 heteroatoms. The van der Waals surface area contributed by atoms with Crippen LogP contribution in [-0.4, -0.2) is 42.8 Å². The van der Waals surface area contributed by atoms with Gasteiger partial charge in [-0.3, -0.25) is 4.67 Å². The van der Waals surface area contributed by atoms with E-state index in [-0.39, 0.29) is 0 Å². The topological polar surface area (TPSA) is 6.48 Å². The monoisotopic (exact) mass is 190 g/mol. The van der Waals surface area contributed by atoms with E-state index in [9.17, 15) is 0 Å². The molecule has 0 fully saturated rings. The lowest BCUT2D eigenvalue weighted by atomic mass is 10.2. The molecule has 0 amide bonds. The third-order valence-corrected chi connectivity index (χ3v) is 2.38. The minimum atomic E-state index is 0.759. The van der Waals surface area contributed by atoms with Crippen molar-refractivity contribution < 1.29 is 0 Å². The van der Waals surface area contributed by atoms with Gasteiger partial charge in [0.05, 0.1) is 0 Å². The highest BCUT2D eigenvalue weighted by Crippen LogP contribution is 2.03. The van der Waals surface area contributed by atoms with Gasteiger partial charge >= 0.3 is 0 Å². The second kappa shape index (κ2) is 6.82. The molecule has 0 heterocycles. The van der Waals surface area contributed by atoms with Gasteiger partial charge in [-0.2, -0.15) is 0 Å². The van der Waals surface area contributed by atoms with Crippen LogP contribution >= 0.6 is 9.39 Å². The highest BCUT2D eigenvalue weighted by molar-refractivity contribution is 7.13. The molecule has 0 saturated carbocycles. The van der Waals surface area contributed by atoms with Crippen molar-refractivity contribution in [3.63, 3.8) is 0 Å². The van der Waals surface area contributed by atoms with Crippen LogP contribution in [0.5, 0.6) is 0 Å². The smallest absolute Gasteiger partial charge is 0.0144 e. The predicted molar refractivity (Wildman–Crippen MR) is 59.3 cm³/mol. The Morgan fingerprint density at radius 3 is 2.25 bits per heavy atom. The lowest BCUT2D eigenvalue weighted by Gasteiger charge is -2.21. The maximum atomic E-state index is 2.80. The number of nitrogens with zero attached hydrogens (tertiary/aromatic N) is 2. The zero-order valence-corrected chi connectivity index (χ0v) is 10.0. The first-order valence-corrected chi connectivity index (χ1v) is 5.26. The van der Waals surface area contributed by atoms with Crippen molar-refractivity contribution in [2.45, 2.75) is 20.8 Å². The Bertz CT molecular complexity index is 107. The largest absolute Gasteiger partial charge is 0.305 e. The van der Waals surface area contributed by atoms with E-state index >= 15 is 0 Å². The van der Waals surface area contributed by atoms with Crippen molar-refractivity contribution in [1.29, 1.82) is 0 Å². The second-order valence-electron chi connectivity index (χ2n) is 3.78. The van der Waals surface area contributed by atoms with Crippen LogP contribution in [0.2, 0.25) is 0 Å². The highest BCUT2D eigenvalue weighted by Gasteiger charge is 2.02. The minimum Gasteiger partial charge on any atom is -0.305 e. The van der Waals surface area contributed by atoms with Gasteiger partial charge in [0.2, 0.25) is 0 Å². The van der Waals surface area contributed by atoms with Crippen LogP contribution in [-0.2, 0) is 0 Å². The average Bonchev–Trinajstić information content (AvgIpc) is 1.99. The van der Waals surface area contributed by atoms with E-state index in [2.05, 4.69) is 46.8 Å². The third-order valence-electron chi connectivity index (χ3n) is 1.91. The summed E-state index contributed by atoms with van der Waals surface area (Å²) in [7, 11) is 4.96. The fraction of sp³-hybridized carbons (Fsp3) is 1.00. The summed E-state index contributed by atoms with van der Waals surface area (Å²) in [6.07, 6.45) is 0. The van der Waals surface area contributed by atoms with E-state index in [0.717, 1.165) is 25.6 Å². The average molecular weight is 190 g/mol. The van der Waals surface area contributed by atoms with Crippen molar-refractivity contribution in [3.8, 4) is 0 Å². The van der Waals surface area contributed by atoms with E-state index in [4.69, 9.17) is 0 Å². The zero-order chi connectivity index (χ0) is 9.56. The Morgan fingerprint density at radius 2 is 1.83 bits per heavy atom. The maximum absolute atomic E-state index is 2.80. The van der Waals surface area contributed by atoms with E-state index < -0.39 is 0 Å². The molecule has 0 aromatic carbocycles. The van der Waals surface area contributed by atoms with Crippen LogP contribution < -0.4 is 0 Å². The van der Waals surface area contributed by atoms with Crippen molar-refractivity contribution in [2.24, 2.45) is 5.92 Å². The first-order chi connectivity index (χ1) is 5.56. The first kappa shape index (κ1) is 12.3. The molecule has 0 rings (SSSR count).